The van der Waals surface area contributed by atoms with Crippen LogP contribution in [-0.2, 0) is 17.9 Å². The zero-order chi connectivity index (χ0) is 12.9. The van der Waals surface area contributed by atoms with E-state index in [0.717, 1.165) is 18.7 Å². The number of aromatic amines is 1. The van der Waals surface area contributed by atoms with Crippen molar-refractivity contribution in [2.75, 3.05) is 13.6 Å². The van der Waals surface area contributed by atoms with Gasteiger partial charge >= 0.3 is 0 Å². The van der Waals surface area contributed by atoms with Gasteiger partial charge in [0, 0.05) is 26.7 Å². The molecule has 0 bridgehead atoms. The molecule has 0 spiro atoms. The van der Waals surface area contributed by atoms with E-state index in [0.29, 0.717) is 24.5 Å². The standard InChI is InChI=1S/C12H16N4O2/c1-7-13-9-6-16(5-8(9)11(17)14-7)10-3-4-15(2)12(10)18/h10H,3-6H2,1-2H3,(H,13,14,17). The number of nitrogens with one attached hydrogen (secondary N) is 1. The van der Waals surface area contributed by atoms with Crippen molar-refractivity contribution in [3.05, 3.63) is 27.4 Å². The molecule has 1 saturated heterocycles. The maximum Gasteiger partial charge on any atom is 0.255 e. The van der Waals surface area contributed by atoms with Crippen LogP contribution in [0.15, 0.2) is 4.79 Å². The lowest BCUT2D eigenvalue weighted by Crippen LogP contribution is -2.38. The molecule has 1 N–H and O–H groups in total. The van der Waals surface area contributed by atoms with Crippen LogP contribution in [0.1, 0.15) is 23.5 Å². The average Bonchev–Trinajstić information content (AvgIpc) is 2.84. The Bertz CT molecular complexity index is 566. The predicted octanol–water partition coefficient (Wildman–Crippen LogP) is -0.375. The number of hydrogen-bond acceptors (Lipinski definition) is 4. The summed E-state index contributed by atoms with van der Waals surface area (Å²) in [7, 11) is 1.82. The maximum atomic E-state index is 12.0. The van der Waals surface area contributed by atoms with Gasteiger partial charge in [0.25, 0.3) is 5.56 Å². The molecule has 2 aliphatic heterocycles. The van der Waals surface area contributed by atoms with Gasteiger partial charge in [0.2, 0.25) is 5.91 Å². The van der Waals surface area contributed by atoms with E-state index in [1.165, 1.54) is 0 Å². The third-order valence-electron chi connectivity index (χ3n) is 3.77. The number of likely N-dealkylation sites (tertiary alicyclic amines) is 1. The number of hydrogen-bond donors (Lipinski definition) is 1. The van der Waals surface area contributed by atoms with E-state index < -0.39 is 0 Å². The van der Waals surface area contributed by atoms with Gasteiger partial charge in [-0.05, 0) is 13.3 Å². The minimum atomic E-state index is -0.0936. The highest BCUT2D eigenvalue weighted by atomic mass is 16.2. The molecular formula is C12H16N4O2. The molecule has 0 aliphatic carbocycles. The van der Waals surface area contributed by atoms with Gasteiger partial charge < -0.3 is 9.88 Å². The van der Waals surface area contributed by atoms with Gasteiger partial charge in [0.05, 0.1) is 17.3 Å². The van der Waals surface area contributed by atoms with E-state index in [2.05, 4.69) is 14.9 Å². The Morgan fingerprint density at radius 2 is 2.11 bits per heavy atom. The monoisotopic (exact) mass is 248 g/mol. The van der Waals surface area contributed by atoms with Crippen LogP contribution in [0.5, 0.6) is 0 Å². The fraction of sp³-hybridized carbons (Fsp3) is 0.583. The van der Waals surface area contributed by atoms with Crippen molar-refractivity contribution in [3.63, 3.8) is 0 Å². The molecule has 0 aromatic carbocycles. The molecular weight excluding hydrogens is 232 g/mol. The molecule has 1 fully saturated rings. The summed E-state index contributed by atoms with van der Waals surface area (Å²) < 4.78 is 0. The van der Waals surface area contributed by atoms with Crippen molar-refractivity contribution in [1.82, 2.24) is 19.8 Å². The second-order valence-corrected chi connectivity index (χ2v) is 5.05. The molecule has 1 aromatic rings. The van der Waals surface area contributed by atoms with Crippen LogP contribution >= 0.6 is 0 Å². The lowest BCUT2D eigenvalue weighted by molar-refractivity contribution is -0.131. The quantitative estimate of drug-likeness (QED) is 0.736. The smallest absolute Gasteiger partial charge is 0.255 e. The summed E-state index contributed by atoms with van der Waals surface area (Å²) in [4.78, 5) is 34.7. The van der Waals surface area contributed by atoms with Gasteiger partial charge in [-0.15, -0.1) is 0 Å². The molecule has 3 heterocycles. The molecule has 1 aromatic heterocycles. The van der Waals surface area contributed by atoms with Crippen molar-refractivity contribution >= 4 is 5.91 Å². The van der Waals surface area contributed by atoms with Crippen LogP contribution in [0.2, 0.25) is 0 Å². The fourth-order valence-corrected chi connectivity index (χ4v) is 2.78. The van der Waals surface area contributed by atoms with Gasteiger partial charge in [0.15, 0.2) is 0 Å². The van der Waals surface area contributed by atoms with Crippen LogP contribution in [0.4, 0.5) is 0 Å². The first-order valence-electron chi connectivity index (χ1n) is 6.14. The highest BCUT2D eigenvalue weighted by Gasteiger charge is 2.37. The molecule has 2 aliphatic rings. The number of amides is 1. The molecule has 6 nitrogen and oxygen atoms in total. The number of fused-ring (bicyclic) bond motifs is 1. The highest BCUT2D eigenvalue weighted by molar-refractivity contribution is 5.83. The number of aryl methyl sites for hydroxylation is 1. The third kappa shape index (κ3) is 1.64. The second kappa shape index (κ2) is 3.91. The molecule has 1 amide bonds. The molecule has 0 radical (unpaired) electrons. The van der Waals surface area contributed by atoms with Crippen LogP contribution in [0, 0.1) is 6.92 Å². The first kappa shape index (κ1) is 11.4. The Hall–Kier alpha value is -1.69. The number of carbonyl (C=O) groups excluding carboxylic acids is 1. The highest BCUT2D eigenvalue weighted by Crippen LogP contribution is 2.25. The average molecular weight is 248 g/mol. The number of aromatic nitrogens is 2. The molecule has 1 unspecified atom stereocenters. The maximum absolute atomic E-state index is 12.0. The van der Waals surface area contributed by atoms with Gasteiger partial charge in [-0.25, -0.2) is 4.98 Å². The Kier molecular flexibility index (Phi) is 2.48. The van der Waals surface area contributed by atoms with Gasteiger partial charge in [-0.3, -0.25) is 14.5 Å². The molecule has 96 valence electrons. The summed E-state index contributed by atoms with van der Waals surface area (Å²) in [6.45, 7) is 3.70. The zero-order valence-corrected chi connectivity index (χ0v) is 10.6. The van der Waals surface area contributed by atoms with Crippen LogP contribution in [0.3, 0.4) is 0 Å². The largest absolute Gasteiger partial charge is 0.344 e. The number of rotatable bonds is 1. The number of carbonyl (C=O) groups is 1. The third-order valence-corrected chi connectivity index (χ3v) is 3.77. The Labute approximate surface area is 105 Å². The van der Waals surface area contributed by atoms with E-state index in [9.17, 15) is 9.59 Å². The number of nitrogens with zero attached hydrogens (tertiary/aromatic N) is 3. The molecule has 6 heteroatoms. The Balaban J connectivity index is 1.87. The lowest BCUT2D eigenvalue weighted by atomic mass is 10.2. The fourth-order valence-electron chi connectivity index (χ4n) is 2.78. The second-order valence-electron chi connectivity index (χ2n) is 5.05. The Morgan fingerprint density at radius 3 is 2.78 bits per heavy atom. The van der Waals surface area contributed by atoms with Crippen molar-refractivity contribution in [2.24, 2.45) is 0 Å². The van der Waals surface area contributed by atoms with Crippen molar-refractivity contribution in [1.29, 1.82) is 0 Å². The topological polar surface area (TPSA) is 69.3 Å². The molecule has 0 saturated carbocycles. The van der Waals surface area contributed by atoms with Gasteiger partial charge in [0.1, 0.15) is 5.82 Å². The van der Waals surface area contributed by atoms with Crippen LogP contribution < -0.4 is 5.56 Å². The van der Waals surface area contributed by atoms with E-state index in [1.54, 1.807) is 11.8 Å². The van der Waals surface area contributed by atoms with Crippen LogP contribution in [-0.4, -0.2) is 45.3 Å². The van der Waals surface area contributed by atoms with Gasteiger partial charge in [-0.2, -0.15) is 0 Å². The predicted molar refractivity (Wildman–Crippen MR) is 64.9 cm³/mol. The lowest BCUT2D eigenvalue weighted by Gasteiger charge is -2.21. The van der Waals surface area contributed by atoms with E-state index >= 15 is 0 Å². The molecule has 18 heavy (non-hydrogen) atoms. The summed E-state index contributed by atoms with van der Waals surface area (Å²) >= 11 is 0. The summed E-state index contributed by atoms with van der Waals surface area (Å²) in [5, 5.41) is 0. The summed E-state index contributed by atoms with van der Waals surface area (Å²) in [5.74, 6) is 0.784. The summed E-state index contributed by atoms with van der Waals surface area (Å²) in [6.07, 6.45) is 0.834. The SMILES string of the molecule is Cc1nc2c(c(=O)[nH]1)CN(C1CCN(C)C1=O)C2. The Morgan fingerprint density at radius 1 is 1.33 bits per heavy atom. The summed E-state index contributed by atoms with van der Waals surface area (Å²) in [5.41, 5.74) is 1.46. The molecule has 1 atom stereocenters. The number of H-pyrrole nitrogens is 1. The number of likely N-dealkylation sites (N-methyl/N-ethyl adjacent to an activating group) is 1. The zero-order valence-electron chi connectivity index (χ0n) is 10.6. The van der Waals surface area contributed by atoms with Gasteiger partial charge in [-0.1, -0.05) is 0 Å². The van der Waals surface area contributed by atoms with E-state index in [-0.39, 0.29) is 17.5 Å². The minimum Gasteiger partial charge on any atom is -0.344 e. The summed E-state index contributed by atoms with van der Waals surface area (Å²) in [6, 6.07) is -0.0936. The van der Waals surface area contributed by atoms with Crippen molar-refractivity contribution < 1.29 is 4.79 Å². The first-order chi connectivity index (χ1) is 8.56. The van der Waals surface area contributed by atoms with Crippen LogP contribution in [0.25, 0.3) is 0 Å². The van der Waals surface area contributed by atoms with E-state index in [1.807, 2.05) is 7.05 Å². The first-order valence-corrected chi connectivity index (χ1v) is 6.14. The van der Waals surface area contributed by atoms with E-state index in [4.69, 9.17) is 0 Å². The molecule has 3 rings (SSSR count). The van der Waals surface area contributed by atoms with Crippen molar-refractivity contribution in [3.8, 4) is 0 Å². The minimum absolute atomic E-state index is 0.0706. The normalized spacial score (nSPS) is 23.8. The van der Waals surface area contributed by atoms with Crippen molar-refractivity contribution in [2.45, 2.75) is 32.5 Å².